The largest absolute Gasteiger partial charge is 0.456 e. The van der Waals surface area contributed by atoms with E-state index in [1.807, 2.05) is 0 Å². The molecule has 0 unspecified atom stereocenters. The van der Waals surface area contributed by atoms with Crippen LogP contribution < -0.4 is 15.4 Å². The predicted octanol–water partition coefficient (Wildman–Crippen LogP) is 3.34. The van der Waals surface area contributed by atoms with Gasteiger partial charge in [0.1, 0.15) is 35.0 Å². The van der Waals surface area contributed by atoms with Crippen molar-refractivity contribution in [3.8, 4) is 11.5 Å². The Bertz CT molecular complexity index is 1470. The Balaban J connectivity index is 1.35. The summed E-state index contributed by atoms with van der Waals surface area (Å²) in [6, 6.07) is 7.91. The van der Waals surface area contributed by atoms with Crippen molar-refractivity contribution < 1.29 is 24.2 Å². The van der Waals surface area contributed by atoms with E-state index in [2.05, 4.69) is 30.6 Å². The van der Waals surface area contributed by atoms with Gasteiger partial charge in [0.2, 0.25) is 0 Å². The molecule has 38 heavy (non-hydrogen) atoms. The number of benzene rings is 1. The second kappa shape index (κ2) is 11.1. The average molecular weight is 537 g/mol. The third-order valence-electron chi connectivity index (χ3n) is 6.25. The first-order chi connectivity index (χ1) is 18.5. The smallest absolute Gasteiger partial charge is 0.269 e. The van der Waals surface area contributed by atoms with Gasteiger partial charge in [-0.05, 0) is 37.1 Å². The maximum Gasteiger partial charge on any atom is 0.269 e. The summed E-state index contributed by atoms with van der Waals surface area (Å²) in [6.45, 7) is 0.411. The normalized spacial score (nSPS) is 17.2. The van der Waals surface area contributed by atoms with E-state index in [-0.39, 0.29) is 46.7 Å². The fraction of sp³-hybridized carbons (Fsp3) is 0.269. The summed E-state index contributed by atoms with van der Waals surface area (Å²) in [6.07, 6.45) is 5.80. The lowest BCUT2D eigenvalue weighted by molar-refractivity contribution is -0.0224. The molecule has 4 aromatic rings. The molecule has 1 aliphatic rings. The molecule has 196 valence electrons. The van der Waals surface area contributed by atoms with E-state index in [9.17, 15) is 14.7 Å². The van der Waals surface area contributed by atoms with E-state index in [0.29, 0.717) is 40.5 Å². The number of nitrogens with one attached hydrogen (secondary N) is 3. The molecule has 1 amide bonds. The summed E-state index contributed by atoms with van der Waals surface area (Å²) < 4.78 is 11.5. The minimum absolute atomic E-state index is 0.00757. The molecule has 1 aliphatic heterocycles. The molecule has 5 rings (SSSR count). The van der Waals surface area contributed by atoms with E-state index >= 15 is 0 Å². The molecule has 1 aromatic carbocycles. The number of aromatic nitrogens is 4. The second-order valence-electron chi connectivity index (χ2n) is 8.74. The molecule has 4 N–H and O–H groups in total. The molecule has 3 aromatic heterocycles. The van der Waals surface area contributed by atoms with Crippen LogP contribution in [0.4, 0.5) is 5.82 Å². The zero-order valence-electron chi connectivity index (χ0n) is 20.4. The number of carbonyl (C=O) groups excluding carboxylic acids is 2. The molecule has 2 atom stereocenters. The molecule has 0 spiro atoms. The van der Waals surface area contributed by atoms with Crippen molar-refractivity contribution in [2.75, 3.05) is 25.6 Å². The number of pyridine rings is 1. The number of aromatic amines is 1. The van der Waals surface area contributed by atoms with Crippen LogP contribution >= 0.6 is 11.6 Å². The van der Waals surface area contributed by atoms with E-state index in [1.165, 1.54) is 19.6 Å². The standard InChI is InChI=1S/C26H25ClN6O5/c1-28-26(36)21-7-5-16(9-29-21)38-15-4-6-18(20(27)8-15)23(35)19-10-30-24-22(19)25(32-13-31-24)33-14-2-3-17(11-34)37-12-14/h4-10,13-14,17,34H,2-3,11-12H2,1H3,(H,28,36)(H2,30,31,32,33)/t14-,17+/m1/s1. The Morgan fingerprint density at radius 3 is 2.68 bits per heavy atom. The molecular weight excluding hydrogens is 512 g/mol. The molecule has 4 heterocycles. The average Bonchev–Trinajstić information content (AvgIpc) is 3.38. The highest BCUT2D eigenvalue weighted by atomic mass is 35.5. The lowest BCUT2D eigenvalue weighted by atomic mass is 10.0. The predicted molar refractivity (Wildman–Crippen MR) is 140 cm³/mol. The number of aliphatic hydroxyl groups excluding tert-OH is 1. The number of nitrogens with zero attached hydrogens (tertiary/aromatic N) is 3. The summed E-state index contributed by atoms with van der Waals surface area (Å²) in [5.41, 5.74) is 1.44. The van der Waals surface area contributed by atoms with Gasteiger partial charge in [-0.1, -0.05) is 11.6 Å². The van der Waals surface area contributed by atoms with Crippen molar-refractivity contribution in [1.82, 2.24) is 25.3 Å². The Labute approximate surface area is 222 Å². The van der Waals surface area contributed by atoms with Gasteiger partial charge in [-0.3, -0.25) is 9.59 Å². The lowest BCUT2D eigenvalue weighted by Gasteiger charge is -2.29. The highest BCUT2D eigenvalue weighted by Gasteiger charge is 2.25. The van der Waals surface area contributed by atoms with Crippen molar-refractivity contribution in [2.24, 2.45) is 0 Å². The number of hydrogen-bond donors (Lipinski definition) is 4. The summed E-state index contributed by atoms with van der Waals surface area (Å²) in [5, 5.41) is 15.9. The van der Waals surface area contributed by atoms with Gasteiger partial charge in [0.25, 0.3) is 5.91 Å². The number of rotatable bonds is 8. The van der Waals surface area contributed by atoms with Crippen LogP contribution in [-0.4, -0.2) is 69.1 Å². The molecule has 1 saturated heterocycles. The maximum absolute atomic E-state index is 13.5. The third kappa shape index (κ3) is 5.30. The van der Waals surface area contributed by atoms with E-state index in [4.69, 9.17) is 21.1 Å². The van der Waals surface area contributed by atoms with Gasteiger partial charge in [-0.25, -0.2) is 15.0 Å². The molecule has 0 aliphatic carbocycles. The van der Waals surface area contributed by atoms with Gasteiger partial charge in [0.05, 0.1) is 47.5 Å². The Kier molecular flexibility index (Phi) is 7.50. The fourth-order valence-corrected chi connectivity index (χ4v) is 4.49. The van der Waals surface area contributed by atoms with Crippen LogP contribution in [0.3, 0.4) is 0 Å². The summed E-state index contributed by atoms with van der Waals surface area (Å²) >= 11 is 6.50. The zero-order chi connectivity index (χ0) is 26.6. The van der Waals surface area contributed by atoms with Gasteiger partial charge in [0.15, 0.2) is 5.78 Å². The van der Waals surface area contributed by atoms with Crippen LogP contribution in [0.2, 0.25) is 5.02 Å². The van der Waals surface area contributed by atoms with Crippen molar-refractivity contribution in [3.63, 3.8) is 0 Å². The number of hydrogen-bond acceptors (Lipinski definition) is 9. The quantitative estimate of drug-likeness (QED) is 0.248. The molecule has 12 heteroatoms. The van der Waals surface area contributed by atoms with E-state index < -0.39 is 0 Å². The number of ketones is 1. The maximum atomic E-state index is 13.5. The van der Waals surface area contributed by atoms with Gasteiger partial charge in [-0.15, -0.1) is 0 Å². The summed E-state index contributed by atoms with van der Waals surface area (Å²) in [5.74, 6) is 0.728. The van der Waals surface area contributed by atoms with Crippen molar-refractivity contribution in [2.45, 2.75) is 25.0 Å². The number of aliphatic hydroxyl groups is 1. The molecule has 0 radical (unpaired) electrons. The van der Waals surface area contributed by atoms with Gasteiger partial charge >= 0.3 is 0 Å². The van der Waals surface area contributed by atoms with E-state index in [1.54, 1.807) is 36.5 Å². The SMILES string of the molecule is CNC(=O)c1ccc(Oc2ccc(C(=O)c3c[nH]c4ncnc(N[C@@H]5CC[C@@H](CO)OC5)c34)c(Cl)c2)cn1. The molecule has 1 fully saturated rings. The lowest BCUT2D eigenvalue weighted by Crippen LogP contribution is -2.36. The molecule has 0 saturated carbocycles. The Morgan fingerprint density at radius 2 is 2.00 bits per heavy atom. The zero-order valence-corrected chi connectivity index (χ0v) is 21.2. The number of fused-ring (bicyclic) bond motifs is 1. The summed E-state index contributed by atoms with van der Waals surface area (Å²) in [4.78, 5) is 40.9. The third-order valence-corrected chi connectivity index (χ3v) is 6.56. The van der Waals surface area contributed by atoms with Gasteiger partial charge in [0, 0.05) is 24.9 Å². The number of ether oxygens (including phenoxy) is 2. The topological polar surface area (TPSA) is 151 Å². The Hall–Kier alpha value is -4.06. The summed E-state index contributed by atoms with van der Waals surface area (Å²) in [7, 11) is 1.53. The number of H-pyrrole nitrogens is 1. The number of anilines is 1. The van der Waals surface area contributed by atoms with Crippen LogP contribution in [0, 0.1) is 0 Å². The fourth-order valence-electron chi connectivity index (χ4n) is 4.24. The minimum Gasteiger partial charge on any atom is -0.456 e. The van der Waals surface area contributed by atoms with Crippen LogP contribution in [0.15, 0.2) is 49.1 Å². The van der Waals surface area contributed by atoms with Gasteiger partial charge in [-0.2, -0.15) is 0 Å². The minimum atomic E-state index is -0.303. The molecular formula is C26H25ClN6O5. The van der Waals surface area contributed by atoms with Crippen LogP contribution in [-0.2, 0) is 4.74 Å². The van der Waals surface area contributed by atoms with Crippen molar-refractivity contribution >= 4 is 40.1 Å². The second-order valence-corrected chi connectivity index (χ2v) is 9.14. The van der Waals surface area contributed by atoms with Crippen LogP contribution in [0.25, 0.3) is 11.0 Å². The monoisotopic (exact) mass is 536 g/mol. The highest BCUT2D eigenvalue weighted by molar-refractivity contribution is 6.35. The van der Waals surface area contributed by atoms with Crippen LogP contribution in [0.5, 0.6) is 11.5 Å². The molecule has 0 bridgehead atoms. The van der Waals surface area contributed by atoms with Crippen molar-refractivity contribution in [1.29, 1.82) is 0 Å². The van der Waals surface area contributed by atoms with Crippen LogP contribution in [0.1, 0.15) is 39.3 Å². The highest BCUT2D eigenvalue weighted by Crippen LogP contribution is 2.32. The number of amides is 1. The Morgan fingerprint density at radius 1 is 1.16 bits per heavy atom. The molecule has 11 nitrogen and oxygen atoms in total. The van der Waals surface area contributed by atoms with Crippen molar-refractivity contribution in [3.05, 3.63) is 70.9 Å². The first-order valence-electron chi connectivity index (χ1n) is 12.0. The first-order valence-corrected chi connectivity index (χ1v) is 12.4. The number of halogens is 1. The van der Waals surface area contributed by atoms with Gasteiger partial charge < -0.3 is 30.2 Å². The van der Waals surface area contributed by atoms with E-state index in [0.717, 1.165) is 12.8 Å². The number of carbonyl (C=O) groups is 2. The first kappa shape index (κ1) is 25.6.